The van der Waals surface area contributed by atoms with Crippen LogP contribution in [-0.4, -0.2) is 93.4 Å². The first kappa shape index (κ1) is 51.3. The van der Waals surface area contributed by atoms with E-state index in [2.05, 4.69) is 110 Å². The first-order valence-corrected chi connectivity index (χ1v) is 31.6. The van der Waals surface area contributed by atoms with Gasteiger partial charge in [-0.05, 0) is 98.7 Å². The Balaban J connectivity index is 2.15. The molecule has 9 nitrogen and oxygen atoms in total. The monoisotopic (exact) mass is 880 g/mol. The predicted molar refractivity (Wildman–Crippen MR) is 250 cm³/mol. The van der Waals surface area contributed by atoms with Crippen LogP contribution in [0, 0.1) is 17.3 Å². The molecule has 8 atom stereocenters. The molecule has 0 spiro atoms. The number of nitrogens with zero attached hydrogens (tertiary/aromatic N) is 3. The minimum atomic E-state index is -2.25. The summed E-state index contributed by atoms with van der Waals surface area (Å²) >= 11 is 1.17. The predicted octanol–water partition coefficient (Wildman–Crippen LogP) is 11.9. The lowest BCUT2D eigenvalue weighted by Crippen LogP contribution is -2.53. The standard InChI is InChI=1S/C45H85N3O6SSi3/c1-18-57(19-2,20-3)53-39-31-40(49)52-37(34(8)29-36-32-46-55-47-36)30-38-45(15,48(38)27-28-51-56(16,17)43(10,11)12)26-24-25-33(7)41(35(9)42(50)44(39,13)14)54-58(21-4,22-5)23-6/h29,32-33,35,37-39,41H,18-28,30-31H2,1-17H3/b34-29+/t33-,35+,37-,38-,39-,41-,45+,48?/m0/s1. The van der Waals surface area contributed by atoms with Crippen LogP contribution in [0.1, 0.15) is 142 Å². The topological polar surface area (TPSA) is 99.9 Å². The summed E-state index contributed by atoms with van der Waals surface area (Å²) in [4.78, 5) is 32.3. The van der Waals surface area contributed by atoms with E-state index in [4.69, 9.17) is 18.0 Å². The van der Waals surface area contributed by atoms with Crippen LogP contribution in [-0.2, 0) is 27.6 Å². The van der Waals surface area contributed by atoms with Gasteiger partial charge in [0, 0.05) is 42.5 Å². The second kappa shape index (κ2) is 20.9. The van der Waals surface area contributed by atoms with E-state index in [0.29, 0.717) is 13.0 Å². The summed E-state index contributed by atoms with van der Waals surface area (Å²) in [5.74, 6) is -0.357. The summed E-state index contributed by atoms with van der Waals surface area (Å²) in [6.45, 7) is 39.3. The summed E-state index contributed by atoms with van der Waals surface area (Å²) in [5.41, 5.74) is 0.697. The number of esters is 1. The third kappa shape index (κ3) is 12.1. The Hall–Kier alpha value is -1.07. The zero-order valence-corrected chi connectivity index (χ0v) is 43.8. The van der Waals surface area contributed by atoms with Crippen molar-refractivity contribution < 1.29 is 27.6 Å². The first-order chi connectivity index (χ1) is 27.0. The summed E-state index contributed by atoms with van der Waals surface area (Å²) in [7, 11) is -6.26. The Morgan fingerprint density at radius 2 is 1.53 bits per heavy atom. The van der Waals surface area contributed by atoms with Gasteiger partial charge in [0.15, 0.2) is 25.0 Å². The van der Waals surface area contributed by atoms with E-state index in [1.54, 1.807) is 6.20 Å². The van der Waals surface area contributed by atoms with E-state index in [1.807, 2.05) is 26.8 Å². The van der Waals surface area contributed by atoms with Crippen molar-refractivity contribution >= 4 is 54.5 Å². The Morgan fingerprint density at radius 1 is 0.966 bits per heavy atom. The molecule has 2 aliphatic rings. The van der Waals surface area contributed by atoms with Crippen LogP contribution in [0.2, 0.25) is 54.4 Å². The SMILES string of the molecule is CC[Si](CC)(CC)O[C@H]1[C@@H](C)CCC[C@]2(C)[C@H](C[C@@H](/C(C)=C/c3cnsn3)OC(=O)C[C@H](O[Si](CC)(CC)CC)C(C)(C)C(=O)[C@@H]1C)N2CCO[Si](C)(C)C(C)(C)C. The van der Waals surface area contributed by atoms with Gasteiger partial charge in [0.25, 0.3) is 0 Å². The second-order valence-electron chi connectivity index (χ2n) is 20.2. The molecule has 13 heteroatoms. The lowest BCUT2D eigenvalue weighted by molar-refractivity contribution is -0.153. The summed E-state index contributed by atoms with van der Waals surface area (Å²) < 4.78 is 36.6. The van der Waals surface area contributed by atoms with Crippen LogP contribution in [0.5, 0.6) is 0 Å². The summed E-state index contributed by atoms with van der Waals surface area (Å²) in [6.07, 6.45) is 6.18. The molecule has 0 saturated carbocycles. The molecule has 334 valence electrons. The highest BCUT2D eigenvalue weighted by Crippen LogP contribution is 2.49. The molecule has 0 aliphatic carbocycles. The molecule has 0 N–H and O–H groups in total. The van der Waals surface area contributed by atoms with E-state index >= 15 is 4.79 Å². The van der Waals surface area contributed by atoms with E-state index < -0.39 is 42.6 Å². The van der Waals surface area contributed by atoms with Crippen molar-refractivity contribution in [1.82, 2.24) is 13.6 Å². The van der Waals surface area contributed by atoms with Gasteiger partial charge in [0.1, 0.15) is 11.9 Å². The van der Waals surface area contributed by atoms with E-state index in [0.717, 1.165) is 73.3 Å². The molecule has 0 aromatic carbocycles. The number of carbonyl (C=O) groups is 2. The second-order valence-corrected chi connectivity index (χ2v) is 35.0. The van der Waals surface area contributed by atoms with Crippen LogP contribution in [0.3, 0.4) is 0 Å². The van der Waals surface area contributed by atoms with Gasteiger partial charge in [0.2, 0.25) is 0 Å². The molecule has 1 aromatic heterocycles. The van der Waals surface area contributed by atoms with Gasteiger partial charge in [-0.25, -0.2) is 0 Å². The number of carbonyl (C=O) groups excluding carboxylic acids is 2. The van der Waals surface area contributed by atoms with Gasteiger partial charge in [0.05, 0.1) is 42.2 Å². The molecule has 1 unspecified atom stereocenters. The van der Waals surface area contributed by atoms with Gasteiger partial charge >= 0.3 is 5.97 Å². The van der Waals surface area contributed by atoms with E-state index in [-0.39, 0.29) is 52.7 Å². The average molecular weight is 881 g/mol. The van der Waals surface area contributed by atoms with Crippen molar-refractivity contribution in [3.63, 3.8) is 0 Å². The molecule has 2 aliphatic heterocycles. The Morgan fingerprint density at radius 3 is 2.05 bits per heavy atom. The van der Waals surface area contributed by atoms with Crippen LogP contribution < -0.4 is 0 Å². The molecule has 3 heterocycles. The van der Waals surface area contributed by atoms with Gasteiger partial charge in [-0.15, -0.1) is 0 Å². The van der Waals surface area contributed by atoms with Crippen LogP contribution in [0.15, 0.2) is 11.8 Å². The number of hydrogen-bond donors (Lipinski definition) is 0. The van der Waals surface area contributed by atoms with Crippen molar-refractivity contribution in [2.24, 2.45) is 17.3 Å². The Kier molecular flexibility index (Phi) is 18.5. The molecular weight excluding hydrogens is 795 g/mol. The molecule has 0 amide bonds. The zero-order chi connectivity index (χ0) is 43.9. The minimum absolute atomic E-state index is 0.0207. The summed E-state index contributed by atoms with van der Waals surface area (Å²) in [6, 6.07) is 6.07. The van der Waals surface area contributed by atoms with Crippen LogP contribution in [0.4, 0.5) is 0 Å². The van der Waals surface area contributed by atoms with Gasteiger partial charge < -0.3 is 18.0 Å². The molecule has 0 bridgehead atoms. The van der Waals surface area contributed by atoms with Crippen molar-refractivity contribution in [3.05, 3.63) is 17.5 Å². The van der Waals surface area contributed by atoms with E-state index in [1.165, 1.54) is 11.7 Å². The molecule has 2 fully saturated rings. The fourth-order valence-corrected chi connectivity index (χ4v) is 16.8. The number of aromatic nitrogens is 2. The number of Topliss-reactive ketones (excluding diaryl/α,β-unsaturated/α-hetero) is 1. The molecular formula is C45H85N3O6SSi3. The van der Waals surface area contributed by atoms with Crippen molar-refractivity contribution in [2.75, 3.05) is 13.2 Å². The van der Waals surface area contributed by atoms with Gasteiger partial charge in [-0.2, -0.15) is 8.75 Å². The highest BCUT2D eigenvalue weighted by atomic mass is 32.1. The first-order valence-electron chi connectivity index (χ1n) is 22.9. The molecule has 0 radical (unpaired) electrons. The van der Waals surface area contributed by atoms with Crippen LogP contribution >= 0.6 is 11.7 Å². The maximum absolute atomic E-state index is 15.2. The third-order valence-corrected chi connectivity index (χ3v) is 29.8. The maximum atomic E-state index is 15.2. The summed E-state index contributed by atoms with van der Waals surface area (Å²) in [5, 5.41) is 0.134. The maximum Gasteiger partial charge on any atom is 0.309 e. The van der Waals surface area contributed by atoms with E-state index in [9.17, 15) is 4.79 Å². The lowest BCUT2D eigenvalue weighted by Gasteiger charge is -2.44. The number of hydrogen-bond acceptors (Lipinski definition) is 10. The highest BCUT2D eigenvalue weighted by Gasteiger charge is 2.59. The van der Waals surface area contributed by atoms with Crippen molar-refractivity contribution in [2.45, 2.75) is 220 Å². The molecule has 1 aromatic rings. The van der Waals surface area contributed by atoms with Gasteiger partial charge in [-0.1, -0.05) is 96.4 Å². The lowest BCUT2D eigenvalue weighted by atomic mass is 9.73. The number of cyclic esters (lactones) is 1. The number of ether oxygens (including phenoxy) is 1. The number of fused-ring (bicyclic) bond motifs is 1. The Bertz CT molecular complexity index is 1480. The highest BCUT2D eigenvalue weighted by molar-refractivity contribution is 6.99. The fraction of sp³-hybridized carbons (Fsp3) is 0.867. The minimum Gasteiger partial charge on any atom is -0.458 e. The largest absolute Gasteiger partial charge is 0.458 e. The number of rotatable bonds is 16. The smallest absolute Gasteiger partial charge is 0.309 e. The molecule has 58 heavy (non-hydrogen) atoms. The quantitative estimate of drug-likeness (QED) is 0.0913. The van der Waals surface area contributed by atoms with Crippen molar-refractivity contribution in [1.29, 1.82) is 0 Å². The van der Waals surface area contributed by atoms with Gasteiger partial charge in [-0.3, -0.25) is 14.5 Å². The average Bonchev–Trinajstić information content (AvgIpc) is 3.43. The van der Waals surface area contributed by atoms with Crippen molar-refractivity contribution in [3.8, 4) is 0 Å². The Labute approximate surface area is 362 Å². The molecule has 3 rings (SSSR count). The normalized spacial score (nSPS) is 29.9. The fourth-order valence-electron chi connectivity index (χ4n) is 9.33. The molecule has 2 saturated heterocycles. The third-order valence-electron chi connectivity index (χ3n) is 15.5. The number of ketones is 1. The zero-order valence-electron chi connectivity index (χ0n) is 40.0. The van der Waals surface area contributed by atoms with Crippen LogP contribution in [0.25, 0.3) is 6.08 Å².